The molecular formula is C26H25F2N7O2. The van der Waals surface area contributed by atoms with E-state index in [1.807, 2.05) is 6.07 Å². The molecule has 2 aliphatic rings. The molecule has 0 unspecified atom stereocenters. The molecule has 0 saturated heterocycles. The lowest BCUT2D eigenvalue weighted by atomic mass is 9.66. The van der Waals surface area contributed by atoms with Crippen LogP contribution in [0.1, 0.15) is 67.9 Å². The maximum atomic E-state index is 14.5. The van der Waals surface area contributed by atoms with Crippen LogP contribution in [0.25, 0.3) is 17.2 Å². The molecule has 6 rings (SSSR count). The van der Waals surface area contributed by atoms with Crippen molar-refractivity contribution < 1.29 is 19.0 Å². The first kappa shape index (κ1) is 23.7. The molecule has 11 heteroatoms. The van der Waals surface area contributed by atoms with Crippen molar-refractivity contribution in [2.24, 2.45) is 5.41 Å². The van der Waals surface area contributed by atoms with E-state index in [0.717, 1.165) is 29.8 Å². The smallest absolute Gasteiger partial charge is 0.252 e. The van der Waals surface area contributed by atoms with Crippen LogP contribution in [0.5, 0.6) is 0 Å². The summed E-state index contributed by atoms with van der Waals surface area (Å²) >= 11 is 0. The Morgan fingerprint density at radius 3 is 2.68 bits per heavy atom. The average molecular weight is 506 g/mol. The second-order valence-electron chi connectivity index (χ2n) is 10.2. The lowest BCUT2D eigenvalue weighted by Gasteiger charge is -2.37. The molecule has 2 bridgehead atoms. The van der Waals surface area contributed by atoms with E-state index in [-0.39, 0.29) is 47.4 Å². The van der Waals surface area contributed by atoms with E-state index in [4.69, 9.17) is 10.1 Å². The van der Waals surface area contributed by atoms with Crippen molar-refractivity contribution >= 4 is 0 Å². The zero-order chi connectivity index (χ0) is 25.9. The number of hydrogen-bond acceptors (Lipinski definition) is 8. The fourth-order valence-electron chi connectivity index (χ4n) is 6.23. The van der Waals surface area contributed by atoms with E-state index < -0.39 is 23.2 Å². The van der Waals surface area contributed by atoms with Crippen molar-refractivity contribution in [3.05, 3.63) is 77.3 Å². The van der Waals surface area contributed by atoms with Gasteiger partial charge in [-0.15, -0.1) is 10.2 Å². The van der Waals surface area contributed by atoms with Gasteiger partial charge in [0, 0.05) is 19.2 Å². The number of aliphatic hydroxyl groups excluding tert-OH is 2. The van der Waals surface area contributed by atoms with Crippen molar-refractivity contribution in [2.45, 2.75) is 50.5 Å². The van der Waals surface area contributed by atoms with E-state index in [2.05, 4.69) is 39.1 Å². The molecule has 4 aromatic rings. The summed E-state index contributed by atoms with van der Waals surface area (Å²) in [4.78, 5) is 13.3. The summed E-state index contributed by atoms with van der Waals surface area (Å²) in [6.07, 6.45) is 3.85. The Labute approximate surface area is 211 Å². The van der Waals surface area contributed by atoms with Crippen LogP contribution in [-0.4, -0.2) is 51.7 Å². The van der Waals surface area contributed by atoms with E-state index in [0.29, 0.717) is 0 Å². The zero-order valence-electron chi connectivity index (χ0n) is 20.3. The Kier molecular flexibility index (Phi) is 5.39. The summed E-state index contributed by atoms with van der Waals surface area (Å²) in [6.45, 7) is 4.14. The van der Waals surface area contributed by atoms with Gasteiger partial charge in [-0.05, 0) is 54.0 Å². The van der Waals surface area contributed by atoms with Gasteiger partial charge >= 0.3 is 0 Å². The Morgan fingerprint density at radius 1 is 1.14 bits per heavy atom. The molecule has 3 aromatic heterocycles. The number of benzene rings is 1. The minimum Gasteiger partial charge on any atom is -0.396 e. The first-order valence-electron chi connectivity index (χ1n) is 12.1. The third kappa shape index (κ3) is 3.33. The molecule has 0 amide bonds. The van der Waals surface area contributed by atoms with Gasteiger partial charge in [0.1, 0.15) is 24.1 Å². The summed E-state index contributed by atoms with van der Waals surface area (Å²) in [5.41, 5.74) is 1.55. The monoisotopic (exact) mass is 505 g/mol. The van der Waals surface area contributed by atoms with Gasteiger partial charge in [0.2, 0.25) is 0 Å². The zero-order valence-corrected chi connectivity index (χ0v) is 20.3. The van der Waals surface area contributed by atoms with E-state index in [9.17, 15) is 13.9 Å². The molecule has 2 aliphatic carbocycles. The number of halogens is 2. The lowest BCUT2D eigenvalue weighted by molar-refractivity contribution is 0.126. The molecular weight excluding hydrogens is 480 g/mol. The molecule has 1 aromatic carbocycles. The number of aromatic nitrogens is 7. The Bertz CT molecular complexity index is 1490. The molecule has 190 valence electrons. The quantitative estimate of drug-likeness (QED) is 0.409. The highest BCUT2D eigenvalue weighted by Crippen LogP contribution is 2.69. The molecule has 0 aliphatic heterocycles. The number of fused-ring (bicyclic) bond motifs is 5. The average Bonchev–Trinajstić information content (AvgIpc) is 3.53. The van der Waals surface area contributed by atoms with Crippen molar-refractivity contribution in [1.29, 1.82) is 0 Å². The summed E-state index contributed by atoms with van der Waals surface area (Å²) in [5.74, 6) is -0.789. The van der Waals surface area contributed by atoms with Gasteiger partial charge in [-0.1, -0.05) is 19.9 Å². The number of nitrogens with zero attached hydrogens (tertiary/aromatic N) is 7. The number of rotatable bonds is 6. The maximum absolute atomic E-state index is 14.5. The lowest BCUT2D eigenvalue weighted by Crippen LogP contribution is -2.38. The molecule has 3 heterocycles. The highest BCUT2D eigenvalue weighted by atomic mass is 19.1. The van der Waals surface area contributed by atoms with E-state index >= 15 is 0 Å². The van der Waals surface area contributed by atoms with Gasteiger partial charge in [0.25, 0.3) is 5.95 Å². The molecule has 1 saturated carbocycles. The number of hydrogen-bond donors (Lipinski definition) is 2. The maximum Gasteiger partial charge on any atom is 0.252 e. The van der Waals surface area contributed by atoms with Gasteiger partial charge < -0.3 is 10.2 Å². The first-order valence-corrected chi connectivity index (χ1v) is 12.1. The van der Waals surface area contributed by atoms with Crippen LogP contribution < -0.4 is 0 Å². The fourth-order valence-corrected chi connectivity index (χ4v) is 6.23. The summed E-state index contributed by atoms with van der Waals surface area (Å²) in [6, 6.07) is 7.38. The first-order chi connectivity index (χ1) is 17.8. The van der Waals surface area contributed by atoms with E-state index in [1.165, 1.54) is 29.2 Å². The predicted molar refractivity (Wildman–Crippen MR) is 128 cm³/mol. The Morgan fingerprint density at radius 2 is 1.92 bits per heavy atom. The Hall–Kier alpha value is -3.70. The standard InChI is InChI=1S/C26H25F2N7O2/c1-25(2)15-6-9-26(25,22-14(15)12-18(32-33-22)21-16(27)4-3-5-17(21)28)20-7-10-29-24(31-20)35-13-30-23(34-35)19(37)8-11-36/h3-5,7,10,12-13,15,19,36-37H,6,8-9,11H2,1-2H3/t15-,19-,26+/m0/s1. The molecule has 2 N–H and O–H groups in total. The van der Waals surface area contributed by atoms with Crippen LogP contribution in [0.4, 0.5) is 8.78 Å². The highest BCUT2D eigenvalue weighted by molar-refractivity contribution is 5.64. The van der Waals surface area contributed by atoms with Gasteiger partial charge in [-0.2, -0.15) is 9.78 Å². The summed E-state index contributed by atoms with van der Waals surface area (Å²) in [5, 5.41) is 32.3. The molecule has 0 radical (unpaired) electrons. The SMILES string of the molecule is CC1(C)[C@H]2CC[C@@]1(c1ccnc(-n3cnc([C@@H](O)CCO)n3)n1)c1nnc(-c3c(F)cccc3F)cc12. The van der Waals surface area contributed by atoms with Gasteiger partial charge in [0.05, 0.1) is 28.1 Å². The van der Waals surface area contributed by atoms with Crippen LogP contribution in [0.3, 0.4) is 0 Å². The second kappa shape index (κ2) is 8.42. The summed E-state index contributed by atoms with van der Waals surface area (Å²) < 4.78 is 30.4. The summed E-state index contributed by atoms with van der Waals surface area (Å²) in [7, 11) is 0. The third-order valence-corrected chi connectivity index (χ3v) is 8.10. The molecule has 1 fully saturated rings. The molecule has 37 heavy (non-hydrogen) atoms. The van der Waals surface area contributed by atoms with Crippen LogP contribution >= 0.6 is 0 Å². The van der Waals surface area contributed by atoms with Crippen molar-refractivity contribution in [1.82, 2.24) is 34.9 Å². The molecule has 3 atom stereocenters. The van der Waals surface area contributed by atoms with Gasteiger partial charge in [-0.3, -0.25) is 0 Å². The van der Waals surface area contributed by atoms with Crippen LogP contribution in [-0.2, 0) is 5.41 Å². The minimum absolute atomic E-state index is 0.108. The van der Waals surface area contributed by atoms with Gasteiger partial charge in [0.15, 0.2) is 5.82 Å². The number of aliphatic hydroxyl groups is 2. The van der Waals surface area contributed by atoms with Crippen molar-refractivity contribution in [2.75, 3.05) is 6.61 Å². The molecule has 0 spiro atoms. The Balaban J connectivity index is 1.44. The van der Waals surface area contributed by atoms with Crippen molar-refractivity contribution in [3.8, 4) is 17.2 Å². The third-order valence-electron chi connectivity index (χ3n) is 8.10. The fraction of sp³-hybridized carbons (Fsp3) is 0.385. The van der Waals surface area contributed by atoms with Crippen molar-refractivity contribution in [3.63, 3.8) is 0 Å². The topological polar surface area (TPSA) is 123 Å². The highest BCUT2D eigenvalue weighted by Gasteiger charge is 2.65. The largest absolute Gasteiger partial charge is 0.396 e. The normalized spacial score (nSPS) is 22.3. The van der Waals surface area contributed by atoms with Crippen LogP contribution in [0, 0.1) is 17.0 Å². The molecule has 9 nitrogen and oxygen atoms in total. The van der Waals surface area contributed by atoms with Gasteiger partial charge in [-0.25, -0.2) is 23.7 Å². The van der Waals surface area contributed by atoms with E-state index in [1.54, 1.807) is 12.3 Å². The van der Waals surface area contributed by atoms with Crippen LogP contribution in [0.15, 0.2) is 42.9 Å². The second-order valence-corrected chi connectivity index (χ2v) is 10.2. The van der Waals surface area contributed by atoms with Crippen LogP contribution in [0.2, 0.25) is 0 Å². The minimum atomic E-state index is -0.993. The predicted octanol–water partition coefficient (Wildman–Crippen LogP) is 3.41.